The fourth-order valence-electron chi connectivity index (χ4n) is 3.32. The van der Waals surface area contributed by atoms with E-state index in [1.54, 1.807) is 13.3 Å². The van der Waals surface area contributed by atoms with Gasteiger partial charge in [-0.15, -0.1) is 0 Å². The minimum atomic E-state index is -0.0182. The Labute approximate surface area is 143 Å². The molecule has 126 valence electrons. The minimum absolute atomic E-state index is 0.0182. The summed E-state index contributed by atoms with van der Waals surface area (Å²) in [7, 11) is 1.72. The molecule has 4 heteroatoms. The number of nitrogens with zero attached hydrogens (tertiary/aromatic N) is 1. The summed E-state index contributed by atoms with van der Waals surface area (Å²) >= 11 is 0. The smallest absolute Gasteiger partial charge is 0.251 e. The monoisotopic (exact) mass is 324 g/mol. The summed E-state index contributed by atoms with van der Waals surface area (Å²) in [6.07, 6.45) is 7.11. The molecule has 0 bridgehead atoms. The third-order valence-corrected chi connectivity index (χ3v) is 4.97. The molecule has 1 amide bonds. The van der Waals surface area contributed by atoms with E-state index in [4.69, 9.17) is 4.74 Å². The quantitative estimate of drug-likeness (QED) is 0.883. The van der Waals surface area contributed by atoms with Crippen molar-refractivity contribution in [1.29, 1.82) is 0 Å². The molecular formula is C20H24N2O2. The van der Waals surface area contributed by atoms with Crippen LogP contribution >= 0.6 is 0 Å². The van der Waals surface area contributed by atoms with Crippen molar-refractivity contribution < 1.29 is 9.53 Å². The normalized spacial score (nSPS) is 15.6. The number of ether oxygens (including phenoxy) is 1. The van der Waals surface area contributed by atoms with Gasteiger partial charge in [0.2, 0.25) is 0 Å². The third kappa shape index (κ3) is 3.49. The molecule has 0 spiro atoms. The van der Waals surface area contributed by atoms with E-state index in [9.17, 15) is 4.79 Å². The predicted octanol–water partition coefficient (Wildman–Crippen LogP) is 3.60. The van der Waals surface area contributed by atoms with Crippen molar-refractivity contribution in [3.05, 3.63) is 53.9 Å². The molecule has 1 saturated carbocycles. The van der Waals surface area contributed by atoms with Gasteiger partial charge in [0, 0.05) is 37.0 Å². The molecule has 2 aromatic rings. The van der Waals surface area contributed by atoms with Crippen LogP contribution in [0.1, 0.15) is 35.2 Å². The van der Waals surface area contributed by atoms with Gasteiger partial charge in [0.15, 0.2) is 0 Å². The highest BCUT2D eigenvalue weighted by Gasteiger charge is 2.37. The van der Waals surface area contributed by atoms with Crippen molar-refractivity contribution >= 4 is 5.91 Å². The second kappa shape index (κ2) is 7.14. The van der Waals surface area contributed by atoms with Crippen molar-refractivity contribution in [1.82, 2.24) is 10.3 Å². The van der Waals surface area contributed by atoms with Crippen LogP contribution in [0, 0.1) is 12.3 Å². The molecule has 1 fully saturated rings. The number of rotatable bonds is 6. The first-order valence-electron chi connectivity index (χ1n) is 8.42. The maximum Gasteiger partial charge on any atom is 0.251 e. The Morgan fingerprint density at radius 3 is 2.58 bits per heavy atom. The first-order chi connectivity index (χ1) is 11.6. The lowest BCUT2D eigenvalue weighted by Gasteiger charge is -2.41. The van der Waals surface area contributed by atoms with Crippen molar-refractivity contribution in [2.24, 2.45) is 5.41 Å². The number of carbonyl (C=O) groups is 1. The average molecular weight is 324 g/mol. The number of hydrogen-bond acceptors (Lipinski definition) is 3. The maximum atomic E-state index is 12.4. The van der Waals surface area contributed by atoms with Crippen LogP contribution in [-0.2, 0) is 4.74 Å². The molecule has 3 rings (SSSR count). The van der Waals surface area contributed by atoms with E-state index in [1.807, 2.05) is 43.5 Å². The summed E-state index contributed by atoms with van der Waals surface area (Å²) in [5, 5.41) is 3.07. The van der Waals surface area contributed by atoms with Crippen LogP contribution in [0.15, 0.2) is 42.7 Å². The van der Waals surface area contributed by atoms with Gasteiger partial charge in [-0.2, -0.15) is 0 Å². The molecule has 0 saturated heterocycles. The van der Waals surface area contributed by atoms with Crippen molar-refractivity contribution in [2.75, 3.05) is 20.3 Å². The Bertz CT molecular complexity index is 706. The molecule has 0 unspecified atom stereocenters. The molecule has 0 aliphatic heterocycles. The fourth-order valence-corrected chi connectivity index (χ4v) is 3.32. The van der Waals surface area contributed by atoms with Gasteiger partial charge in [0.25, 0.3) is 5.91 Å². The molecule has 1 aliphatic rings. The fraction of sp³-hybridized carbons (Fsp3) is 0.400. The number of carbonyl (C=O) groups excluding carboxylic acids is 1. The lowest BCUT2D eigenvalue weighted by atomic mass is 9.69. The number of aryl methyl sites for hydroxylation is 1. The molecule has 1 aliphatic carbocycles. The number of benzene rings is 1. The molecule has 1 heterocycles. The summed E-state index contributed by atoms with van der Waals surface area (Å²) in [5.74, 6) is -0.0182. The van der Waals surface area contributed by atoms with E-state index < -0.39 is 0 Å². The number of amides is 1. The van der Waals surface area contributed by atoms with Gasteiger partial charge >= 0.3 is 0 Å². The predicted molar refractivity (Wildman–Crippen MR) is 94.9 cm³/mol. The zero-order valence-corrected chi connectivity index (χ0v) is 14.3. The lowest BCUT2D eigenvalue weighted by molar-refractivity contribution is 0.0180. The van der Waals surface area contributed by atoms with Crippen LogP contribution in [-0.4, -0.2) is 31.2 Å². The first-order valence-corrected chi connectivity index (χ1v) is 8.42. The maximum absolute atomic E-state index is 12.4. The van der Waals surface area contributed by atoms with Crippen LogP contribution in [0.2, 0.25) is 0 Å². The molecule has 1 aromatic carbocycles. The zero-order valence-electron chi connectivity index (χ0n) is 14.3. The van der Waals surface area contributed by atoms with Crippen molar-refractivity contribution in [3.63, 3.8) is 0 Å². The van der Waals surface area contributed by atoms with Gasteiger partial charge in [-0.3, -0.25) is 9.78 Å². The van der Waals surface area contributed by atoms with E-state index in [-0.39, 0.29) is 11.3 Å². The van der Waals surface area contributed by atoms with Gasteiger partial charge in [0.1, 0.15) is 0 Å². The Kier molecular flexibility index (Phi) is 4.95. The summed E-state index contributed by atoms with van der Waals surface area (Å²) in [6, 6.07) is 9.75. The van der Waals surface area contributed by atoms with Gasteiger partial charge in [-0.1, -0.05) is 18.6 Å². The molecule has 1 aromatic heterocycles. The molecular weight excluding hydrogens is 300 g/mol. The Hall–Kier alpha value is -2.20. The highest BCUT2D eigenvalue weighted by atomic mass is 16.5. The van der Waals surface area contributed by atoms with E-state index in [0.29, 0.717) is 18.7 Å². The van der Waals surface area contributed by atoms with Gasteiger partial charge in [-0.25, -0.2) is 0 Å². The summed E-state index contributed by atoms with van der Waals surface area (Å²) in [5.41, 5.74) is 4.20. The van der Waals surface area contributed by atoms with E-state index in [2.05, 4.69) is 10.3 Å². The second-order valence-corrected chi connectivity index (χ2v) is 6.74. The van der Waals surface area contributed by atoms with E-state index >= 15 is 0 Å². The van der Waals surface area contributed by atoms with Gasteiger partial charge < -0.3 is 10.1 Å². The van der Waals surface area contributed by atoms with Gasteiger partial charge in [-0.05, 0) is 54.7 Å². The number of methoxy groups -OCH3 is 1. The minimum Gasteiger partial charge on any atom is -0.384 e. The SMILES string of the molecule is COCC1(CNC(=O)c2ccc(-c3ccncc3C)cc2)CCC1. The summed E-state index contributed by atoms with van der Waals surface area (Å²) in [6.45, 7) is 3.44. The third-order valence-electron chi connectivity index (χ3n) is 4.97. The lowest BCUT2D eigenvalue weighted by Crippen LogP contribution is -2.45. The first kappa shape index (κ1) is 16.7. The topological polar surface area (TPSA) is 51.2 Å². The van der Waals surface area contributed by atoms with Crippen molar-refractivity contribution in [3.8, 4) is 11.1 Å². The van der Waals surface area contributed by atoms with Crippen LogP contribution in [0.4, 0.5) is 0 Å². The van der Waals surface area contributed by atoms with E-state index in [0.717, 1.165) is 29.5 Å². The Morgan fingerprint density at radius 1 is 1.25 bits per heavy atom. The Balaban J connectivity index is 1.65. The van der Waals surface area contributed by atoms with Crippen LogP contribution in [0.25, 0.3) is 11.1 Å². The molecule has 4 nitrogen and oxygen atoms in total. The number of hydrogen-bond donors (Lipinski definition) is 1. The van der Waals surface area contributed by atoms with E-state index in [1.165, 1.54) is 6.42 Å². The van der Waals surface area contributed by atoms with Crippen molar-refractivity contribution in [2.45, 2.75) is 26.2 Å². The zero-order chi connectivity index (χ0) is 17.0. The average Bonchev–Trinajstić information content (AvgIpc) is 2.57. The molecule has 0 atom stereocenters. The summed E-state index contributed by atoms with van der Waals surface area (Å²) in [4.78, 5) is 16.5. The van der Waals surface area contributed by atoms with Crippen LogP contribution < -0.4 is 5.32 Å². The highest BCUT2D eigenvalue weighted by molar-refractivity contribution is 5.94. The number of nitrogens with one attached hydrogen (secondary N) is 1. The van der Waals surface area contributed by atoms with Gasteiger partial charge in [0.05, 0.1) is 6.61 Å². The number of pyridine rings is 1. The number of aromatic nitrogens is 1. The van der Waals surface area contributed by atoms with Crippen LogP contribution in [0.5, 0.6) is 0 Å². The summed E-state index contributed by atoms with van der Waals surface area (Å²) < 4.78 is 5.31. The highest BCUT2D eigenvalue weighted by Crippen LogP contribution is 2.40. The molecule has 24 heavy (non-hydrogen) atoms. The molecule has 1 N–H and O–H groups in total. The Morgan fingerprint density at radius 2 is 2.00 bits per heavy atom. The molecule has 0 radical (unpaired) electrons. The van der Waals surface area contributed by atoms with Crippen LogP contribution in [0.3, 0.4) is 0 Å². The standard InChI is InChI=1S/C20H24N2O2/c1-15-12-21-11-8-18(15)16-4-6-17(7-5-16)19(23)22-13-20(14-24-2)9-3-10-20/h4-8,11-12H,3,9-10,13-14H2,1-2H3,(H,22,23). The second-order valence-electron chi connectivity index (χ2n) is 6.74. The largest absolute Gasteiger partial charge is 0.384 e.